The zero-order chi connectivity index (χ0) is 32.0. The molecular weight excluding hydrogens is 554 g/mol. The first-order valence-corrected chi connectivity index (χ1v) is 13.1. The van der Waals surface area contributed by atoms with Gasteiger partial charge in [0.25, 0.3) is 0 Å². The molecule has 0 bridgehead atoms. The first-order chi connectivity index (χ1) is 19.6. The minimum absolute atomic E-state index is 0.0614. The molecule has 0 spiro atoms. The highest BCUT2D eigenvalue weighted by Crippen LogP contribution is 2.09. The molecule has 0 aliphatic heterocycles. The molecular formula is C26H39N7O9. The lowest BCUT2D eigenvalue weighted by atomic mass is 10.00. The van der Waals surface area contributed by atoms with Crippen molar-refractivity contribution in [2.24, 2.45) is 23.1 Å². The molecule has 16 nitrogen and oxygen atoms in total. The SMILES string of the molecule is CC(C)C[C@H](NC(=O)[C@H](Cc1ccccc1)NC(=O)[C@H](CC(N)=O)NC(=O)[C@@H](N)CO)C(=O)N[C@@H](CC(N)=O)C(=O)O. The average Bonchev–Trinajstić information content (AvgIpc) is 2.90. The highest BCUT2D eigenvalue weighted by Gasteiger charge is 2.33. The molecule has 0 aliphatic carbocycles. The molecule has 0 aromatic heterocycles. The van der Waals surface area contributed by atoms with Crippen LogP contribution in [0.3, 0.4) is 0 Å². The number of rotatable bonds is 18. The molecule has 42 heavy (non-hydrogen) atoms. The molecule has 232 valence electrons. The summed E-state index contributed by atoms with van der Waals surface area (Å²) in [6, 6.07) is 1.28. The molecule has 1 rings (SSSR count). The van der Waals surface area contributed by atoms with E-state index in [2.05, 4.69) is 21.3 Å². The second kappa shape index (κ2) is 17.3. The van der Waals surface area contributed by atoms with E-state index in [0.717, 1.165) is 0 Å². The number of nitrogens with one attached hydrogen (secondary N) is 4. The fraction of sp³-hybridized carbons (Fsp3) is 0.500. The Morgan fingerprint density at radius 2 is 1.17 bits per heavy atom. The Labute approximate surface area is 242 Å². The number of carbonyl (C=O) groups excluding carboxylic acids is 6. The van der Waals surface area contributed by atoms with Gasteiger partial charge < -0.3 is 48.7 Å². The zero-order valence-corrected chi connectivity index (χ0v) is 23.4. The summed E-state index contributed by atoms with van der Waals surface area (Å²) < 4.78 is 0. The summed E-state index contributed by atoms with van der Waals surface area (Å²) in [6.45, 7) is 2.77. The van der Waals surface area contributed by atoms with Crippen LogP contribution >= 0.6 is 0 Å². The Morgan fingerprint density at radius 1 is 0.714 bits per heavy atom. The number of aliphatic hydroxyl groups is 1. The number of carboxylic acid groups (broad SMARTS) is 1. The number of hydrogen-bond donors (Lipinski definition) is 9. The van der Waals surface area contributed by atoms with E-state index in [1.54, 1.807) is 44.2 Å². The highest BCUT2D eigenvalue weighted by molar-refractivity contribution is 5.97. The maximum Gasteiger partial charge on any atom is 0.326 e. The number of benzene rings is 1. The Morgan fingerprint density at radius 3 is 1.67 bits per heavy atom. The van der Waals surface area contributed by atoms with E-state index in [0.29, 0.717) is 5.56 Å². The van der Waals surface area contributed by atoms with Gasteiger partial charge in [0.2, 0.25) is 35.4 Å². The van der Waals surface area contributed by atoms with Gasteiger partial charge in [-0.3, -0.25) is 28.8 Å². The maximum absolute atomic E-state index is 13.5. The number of hydrogen-bond acceptors (Lipinski definition) is 9. The van der Waals surface area contributed by atoms with Crippen LogP contribution in [0.2, 0.25) is 0 Å². The number of aliphatic hydroxyl groups excluding tert-OH is 1. The summed E-state index contributed by atoms with van der Waals surface area (Å²) in [4.78, 5) is 86.1. The Kier molecular flexibility index (Phi) is 14.6. The first kappa shape index (κ1) is 35.5. The molecule has 0 fully saturated rings. The van der Waals surface area contributed by atoms with Crippen LogP contribution in [0.5, 0.6) is 0 Å². The predicted molar refractivity (Wildman–Crippen MR) is 148 cm³/mol. The van der Waals surface area contributed by atoms with Crippen molar-refractivity contribution >= 4 is 41.4 Å². The van der Waals surface area contributed by atoms with Crippen molar-refractivity contribution in [2.45, 2.75) is 69.7 Å². The van der Waals surface area contributed by atoms with Crippen LogP contribution in [0.1, 0.15) is 38.7 Å². The molecule has 0 radical (unpaired) electrons. The van der Waals surface area contributed by atoms with Crippen LogP contribution < -0.4 is 38.5 Å². The Hall–Kier alpha value is -4.57. The summed E-state index contributed by atoms with van der Waals surface area (Å²) in [5.41, 5.74) is 16.4. The van der Waals surface area contributed by atoms with Crippen LogP contribution in [0, 0.1) is 5.92 Å². The van der Waals surface area contributed by atoms with Gasteiger partial charge in [0, 0.05) is 6.42 Å². The molecule has 12 N–H and O–H groups in total. The number of aliphatic carboxylic acids is 1. The number of nitrogens with two attached hydrogens (primary N) is 3. The third kappa shape index (κ3) is 12.7. The van der Waals surface area contributed by atoms with Crippen LogP contribution in [0.15, 0.2) is 30.3 Å². The van der Waals surface area contributed by atoms with Crippen molar-refractivity contribution in [1.82, 2.24) is 21.3 Å². The van der Waals surface area contributed by atoms with Gasteiger partial charge in [0.05, 0.1) is 19.4 Å². The molecule has 1 aromatic rings. The van der Waals surface area contributed by atoms with Crippen molar-refractivity contribution in [3.8, 4) is 0 Å². The van der Waals surface area contributed by atoms with Crippen molar-refractivity contribution in [3.05, 3.63) is 35.9 Å². The number of carboxylic acids is 1. The molecule has 0 heterocycles. The average molecular weight is 594 g/mol. The van der Waals surface area contributed by atoms with Gasteiger partial charge in [0.1, 0.15) is 30.2 Å². The monoisotopic (exact) mass is 593 g/mol. The molecule has 0 saturated carbocycles. The Balaban J connectivity index is 3.27. The third-order valence-electron chi connectivity index (χ3n) is 5.85. The lowest BCUT2D eigenvalue weighted by Gasteiger charge is -2.27. The van der Waals surface area contributed by atoms with Gasteiger partial charge in [-0.1, -0.05) is 44.2 Å². The van der Waals surface area contributed by atoms with E-state index in [9.17, 15) is 38.7 Å². The van der Waals surface area contributed by atoms with Crippen molar-refractivity contribution in [3.63, 3.8) is 0 Å². The Bertz CT molecular complexity index is 1130. The quantitative estimate of drug-likeness (QED) is 0.0804. The molecule has 0 aliphatic rings. The number of amides is 6. The second-order valence-corrected chi connectivity index (χ2v) is 10.0. The third-order valence-corrected chi connectivity index (χ3v) is 5.85. The van der Waals surface area contributed by atoms with Gasteiger partial charge in [-0.15, -0.1) is 0 Å². The standard InChI is InChI=1S/C26H39N7O9/c1-13(2)8-16(23(38)33-19(26(41)42)11-21(29)36)31-24(39)17(9-14-6-4-3-5-7-14)32-25(40)18(10-20(28)35)30-22(37)15(27)12-34/h3-7,13,15-19,34H,8-12,27H2,1-2H3,(H2,28,35)(H2,29,36)(H,30,37)(H,31,39)(H,32,40)(H,33,38)(H,41,42)/t15-,16-,17-,18-,19-/m0/s1. The lowest BCUT2D eigenvalue weighted by molar-refractivity contribution is -0.143. The van der Waals surface area contributed by atoms with Gasteiger partial charge in [-0.2, -0.15) is 0 Å². The van der Waals surface area contributed by atoms with Gasteiger partial charge >= 0.3 is 5.97 Å². The fourth-order valence-electron chi connectivity index (χ4n) is 3.75. The van der Waals surface area contributed by atoms with Gasteiger partial charge in [-0.25, -0.2) is 4.79 Å². The highest BCUT2D eigenvalue weighted by atomic mass is 16.4. The molecule has 5 atom stereocenters. The topological polar surface area (TPSA) is 286 Å². The van der Waals surface area contributed by atoms with E-state index in [1.165, 1.54) is 0 Å². The molecule has 0 saturated heterocycles. The van der Waals surface area contributed by atoms with E-state index < -0.39 is 91.1 Å². The summed E-state index contributed by atoms with van der Waals surface area (Å²) in [6.07, 6.45) is -1.35. The normalized spacial score (nSPS) is 14.4. The van der Waals surface area contributed by atoms with Crippen molar-refractivity contribution in [2.75, 3.05) is 6.61 Å². The minimum Gasteiger partial charge on any atom is -0.480 e. The van der Waals surface area contributed by atoms with Crippen LogP contribution in [-0.2, 0) is 40.0 Å². The minimum atomic E-state index is -1.63. The van der Waals surface area contributed by atoms with E-state index in [1.807, 2.05) is 0 Å². The summed E-state index contributed by atoms with van der Waals surface area (Å²) in [7, 11) is 0. The molecule has 1 aromatic carbocycles. The van der Waals surface area contributed by atoms with Crippen LogP contribution in [0.4, 0.5) is 0 Å². The van der Waals surface area contributed by atoms with E-state index in [-0.39, 0.29) is 18.8 Å². The zero-order valence-electron chi connectivity index (χ0n) is 23.4. The summed E-state index contributed by atoms with van der Waals surface area (Å²) >= 11 is 0. The molecule has 6 amide bonds. The predicted octanol–water partition coefficient (Wildman–Crippen LogP) is -3.63. The largest absolute Gasteiger partial charge is 0.480 e. The van der Waals surface area contributed by atoms with Gasteiger partial charge in [-0.05, 0) is 17.9 Å². The fourth-order valence-corrected chi connectivity index (χ4v) is 3.75. The van der Waals surface area contributed by atoms with Crippen LogP contribution in [-0.4, -0.2) is 88.4 Å². The number of carbonyl (C=O) groups is 7. The summed E-state index contributed by atoms with van der Waals surface area (Å²) in [5, 5.41) is 27.8. The number of primary amides is 2. The summed E-state index contributed by atoms with van der Waals surface area (Å²) in [5.74, 6) is -7.23. The van der Waals surface area contributed by atoms with Crippen molar-refractivity contribution in [1.29, 1.82) is 0 Å². The molecule has 0 unspecified atom stereocenters. The van der Waals surface area contributed by atoms with E-state index >= 15 is 0 Å². The van der Waals surface area contributed by atoms with Crippen molar-refractivity contribution < 1.29 is 43.8 Å². The second-order valence-electron chi connectivity index (χ2n) is 10.0. The lowest BCUT2D eigenvalue weighted by Crippen LogP contribution is -2.59. The first-order valence-electron chi connectivity index (χ1n) is 13.1. The van der Waals surface area contributed by atoms with Gasteiger partial charge in [0.15, 0.2) is 0 Å². The van der Waals surface area contributed by atoms with E-state index in [4.69, 9.17) is 22.3 Å². The smallest absolute Gasteiger partial charge is 0.326 e. The van der Waals surface area contributed by atoms with Crippen LogP contribution in [0.25, 0.3) is 0 Å². The molecule has 16 heteroatoms. The maximum atomic E-state index is 13.5.